The Morgan fingerprint density at radius 3 is 2.62 bits per heavy atom. The number of piperazine rings is 1. The maximum Gasteiger partial charge on any atom is 0.123 e. The number of halogens is 1. The Morgan fingerprint density at radius 2 is 2.05 bits per heavy atom. The van der Waals surface area contributed by atoms with Crippen molar-refractivity contribution in [1.29, 1.82) is 0 Å². The van der Waals surface area contributed by atoms with Crippen LogP contribution in [0.5, 0.6) is 0 Å². The molecule has 2 unspecified atom stereocenters. The Labute approximate surface area is 128 Å². The molecule has 1 saturated heterocycles. The summed E-state index contributed by atoms with van der Waals surface area (Å²) >= 11 is 0. The molecule has 1 aliphatic rings. The fourth-order valence-electron chi connectivity index (χ4n) is 3.09. The third-order valence-electron chi connectivity index (χ3n) is 4.73. The lowest BCUT2D eigenvalue weighted by Crippen LogP contribution is -2.59. The maximum absolute atomic E-state index is 13.3. The van der Waals surface area contributed by atoms with Crippen LogP contribution in [0.15, 0.2) is 18.2 Å². The second-order valence-corrected chi connectivity index (χ2v) is 7.39. The molecule has 0 bridgehead atoms. The average molecular weight is 292 g/mol. The van der Waals surface area contributed by atoms with Gasteiger partial charge in [-0.2, -0.15) is 0 Å². The van der Waals surface area contributed by atoms with Crippen molar-refractivity contribution in [2.45, 2.75) is 59.7 Å². The van der Waals surface area contributed by atoms with Gasteiger partial charge in [0, 0.05) is 31.7 Å². The number of aryl methyl sites for hydroxylation is 1. The third-order valence-corrected chi connectivity index (χ3v) is 4.73. The van der Waals surface area contributed by atoms with Gasteiger partial charge in [0.15, 0.2) is 0 Å². The lowest BCUT2D eigenvalue weighted by atomic mass is 9.84. The summed E-state index contributed by atoms with van der Waals surface area (Å²) in [6.07, 6.45) is 1.14. The van der Waals surface area contributed by atoms with Crippen molar-refractivity contribution in [2.75, 3.05) is 13.1 Å². The van der Waals surface area contributed by atoms with Crippen LogP contribution in [-0.2, 0) is 6.54 Å². The zero-order chi connectivity index (χ0) is 15.6. The van der Waals surface area contributed by atoms with Crippen LogP contribution >= 0.6 is 0 Å². The van der Waals surface area contributed by atoms with Gasteiger partial charge in [-0.3, -0.25) is 4.90 Å². The van der Waals surface area contributed by atoms with Gasteiger partial charge in [-0.05, 0) is 42.0 Å². The quantitative estimate of drug-likeness (QED) is 0.913. The van der Waals surface area contributed by atoms with Crippen LogP contribution < -0.4 is 5.32 Å². The first-order valence-electron chi connectivity index (χ1n) is 8.03. The van der Waals surface area contributed by atoms with Gasteiger partial charge in [-0.15, -0.1) is 0 Å². The van der Waals surface area contributed by atoms with E-state index in [9.17, 15) is 4.39 Å². The molecule has 1 aliphatic heterocycles. The first kappa shape index (κ1) is 16.4. The lowest BCUT2D eigenvalue weighted by Gasteiger charge is -2.45. The third kappa shape index (κ3) is 4.04. The van der Waals surface area contributed by atoms with Crippen molar-refractivity contribution in [3.63, 3.8) is 0 Å². The van der Waals surface area contributed by atoms with Crippen molar-refractivity contribution in [2.24, 2.45) is 5.41 Å². The van der Waals surface area contributed by atoms with Crippen molar-refractivity contribution in [1.82, 2.24) is 10.2 Å². The highest BCUT2D eigenvalue weighted by molar-refractivity contribution is 5.26. The molecule has 1 N–H and O–H groups in total. The van der Waals surface area contributed by atoms with Crippen LogP contribution in [0.25, 0.3) is 0 Å². The molecular weight excluding hydrogens is 263 g/mol. The number of benzene rings is 1. The zero-order valence-electron chi connectivity index (χ0n) is 14.0. The highest BCUT2D eigenvalue weighted by Crippen LogP contribution is 2.26. The minimum atomic E-state index is -0.142. The number of hydrogen-bond acceptors (Lipinski definition) is 2. The van der Waals surface area contributed by atoms with Gasteiger partial charge < -0.3 is 5.32 Å². The van der Waals surface area contributed by atoms with E-state index in [0.29, 0.717) is 12.1 Å². The smallest absolute Gasteiger partial charge is 0.123 e. The summed E-state index contributed by atoms with van der Waals surface area (Å²) in [6, 6.07) is 6.21. The minimum absolute atomic E-state index is 0.142. The van der Waals surface area contributed by atoms with E-state index in [2.05, 4.69) is 37.9 Å². The van der Waals surface area contributed by atoms with Crippen LogP contribution in [0.2, 0.25) is 0 Å². The molecule has 3 heteroatoms. The molecule has 0 aromatic heterocycles. The molecule has 118 valence electrons. The Kier molecular flexibility index (Phi) is 5.05. The lowest BCUT2D eigenvalue weighted by molar-refractivity contribution is 0.0773. The summed E-state index contributed by atoms with van der Waals surface area (Å²) in [6.45, 7) is 14.1. The fourth-order valence-corrected chi connectivity index (χ4v) is 3.09. The van der Waals surface area contributed by atoms with Gasteiger partial charge >= 0.3 is 0 Å². The van der Waals surface area contributed by atoms with E-state index in [4.69, 9.17) is 0 Å². The Hall–Kier alpha value is -0.930. The van der Waals surface area contributed by atoms with E-state index in [-0.39, 0.29) is 11.2 Å². The average Bonchev–Trinajstić information content (AvgIpc) is 2.41. The van der Waals surface area contributed by atoms with E-state index in [1.54, 1.807) is 12.1 Å². The SMILES string of the molecule is CCC1CNC(C(C)(C)C)CN1Cc1ccc(F)cc1C. The van der Waals surface area contributed by atoms with Gasteiger partial charge in [0.2, 0.25) is 0 Å². The minimum Gasteiger partial charge on any atom is -0.311 e. The van der Waals surface area contributed by atoms with Crippen LogP contribution in [0.1, 0.15) is 45.2 Å². The molecule has 2 rings (SSSR count). The molecule has 1 fully saturated rings. The van der Waals surface area contributed by atoms with Crippen LogP contribution in [-0.4, -0.2) is 30.1 Å². The van der Waals surface area contributed by atoms with E-state index in [1.165, 1.54) is 5.56 Å². The van der Waals surface area contributed by atoms with Crippen LogP contribution in [0, 0.1) is 18.2 Å². The molecule has 2 atom stereocenters. The highest BCUT2D eigenvalue weighted by Gasteiger charge is 2.33. The molecule has 0 amide bonds. The van der Waals surface area contributed by atoms with Gasteiger partial charge in [-0.25, -0.2) is 4.39 Å². The summed E-state index contributed by atoms with van der Waals surface area (Å²) in [4.78, 5) is 2.56. The Morgan fingerprint density at radius 1 is 1.33 bits per heavy atom. The van der Waals surface area contributed by atoms with Crippen LogP contribution in [0.3, 0.4) is 0 Å². The first-order valence-corrected chi connectivity index (χ1v) is 8.03. The van der Waals surface area contributed by atoms with Crippen LogP contribution in [0.4, 0.5) is 4.39 Å². The molecule has 0 saturated carbocycles. The molecule has 0 spiro atoms. The van der Waals surface area contributed by atoms with Gasteiger partial charge in [0.25, 0.3) is 0 Å². The summed E-state index contributed by atoms with van der Waals surface area (Å²) in [5.41, 5.74) is 2.55. The summed E-state index contributed by atoms with van der Waals surface area (Å²) in [5, 5.41) is 3.70. The van der Waals surface area contributed by atoms with Gasteiger partial charge in [0.1, 0.15) is 5.82 Å². The predicted molar refractivity (Wildman–Crippen MR) is 86.9 cm³/mol. The summed E-state index contributed by atoms with van der Waals surface area (Å²) < 4.78 is 13.3. The summed E-state index contributed by atoms with van der Waals surface area (Å²) in [7, 11) is 0. The normalized spacial score (nSPS) is 24.3. The van der Waals surface area contributed by atoms with Gasteiger partial charge in [0.05, 0.1) is 0 Å². The second kappa shape index (κ2) is 6.45. The molecular formula is C18H29FN2. The van der Waals surface area contributed by atoms with Crippen molar-refractivity contribution >= 4 is 0 Å². The Bertz CT molecular complexity index is 479. The van der Waals surface area contributed by atoms with E-state index < -0.39 is 0 Å². The molecule has 1 aromatic rings. The molecule has 0 aliphatic carbocycles. The maximum atomic E-state index is 13.3. The number of rotatable bonds is 3. The zero-order valence-corrected chi connectivity index (χ0v) is 14.0. The molecule has 1 heterocycles. The van der Waals surface area contributed by atoms with E-state index >= 15 is 0 Å². The number of hydrogen-bond donors (Lipinski definition) is 1. The van der Waals surface area contributed by atoms with Gasteiger partial charge in [-0.1, -0.05) is 33.8 Å². The largest absolute Gasteiger partial charge is 0.311 e. The highest BCUT2D eigenvalue weighted by atomic mass is 19.1. The molecule has 2 nitrogen and oxygen atoms in total. The topological polar surface area (TPSA) is 15.3 Å². The van der Waals surface area contributed by atoms with Crippen molar-refractivity contribution in [3.8, 4) is 0 Å². The molecule has 1 aromatic carbocycles. The fraction of sp³-hybridized carbons (Fsp3) is 0.667. The van der Waals surface area contributed by atoms with E-state index in [0.717, 1.165) is 31.6 Å². The number of nitrogens with zero attached hydrogens (tertiary/aromatic N) is 1. The summed E-state index contributed by atoms with van der Waals surface area (Å²) in [5.74, 6) is -0.142. The molecule has 21 heavy (non-hydrogen) atoms. The predicted octanol–water partition coefficient (Wildman–Crippen LogP) is 3.73. The van der Waals surface area contributed by atoms with Crippen molar-refractivity contribution in [3.05, 3.63) is 35.1 Å². The van der Waals surface area contributed by atoms with Crippen molar-refractivity contribution < 1.29 is 4.39 Å². The first-order chi connectivity index (χ1) is 9.81. The van der Waals surface area contributed by atoms with E-state index in [1.807, 2.05) is 13.0 Å². The molecule has 0 radical (unpaired) electrons. The Balaban J connectivity index is 2.14. The number of nitrogens with one attached hydrogen (secondary N) is 1. The monoisotopic (exact) mass is 292 g/mol. The standard InChI is InChI=1S/C18H29FN2/c1-6-16-10-20-17(18(3,4)5)12-21(16)11-14-7-8-15(19)9-13(14)2/h7-9,16-17,20H,6,10-12H2,1-5H3. The second-order valence-electron chi connectivity index (χ2n) is 7.39.